The van der Waals surface area contributed by atoms with E-state index in [-0.39, 0.29) is 11.1 Å². The van der Waals surface area contributed by atoms with Crippen molar-refractivity contribution in [2.75, 3.05) is 0 Å². The van der Waals surface area contributed by atoms with Crippen LogP contribution in [0.1, 0.15) is 33.4 Å². The van der Waals surface area contributed by atoms with Gasteiger partial charge in [0.25, 0.3) is 0 Å². The number of hydrogen-bond donors (Lipinski definition) is 1. The van der Waals surface area contributed by atoms with Gasteiger partial charge in [-0.1, -0.05) is 11.8 Å². The molecule has 112 valence electrons. The molecule has 0 aliphatic rings. The Bertz CT molecular complexity index is 486. The number of nitrogens with one attached hydrogen (secondary N) is 1. The third kappa shape index (κ3) is 5.36. The topological polar surface area (TPSA) is 54.9 Å². The molecule has 0 aliphatic heterocycles. The maximum atomic E-state index is 12.5. The highest BCUT2D eigenvalue weighted by molar-refractivity contribution is 8.00. The van der Waals surface area contributed by atoms with Gasteiger partial charge < -0.3 is 5.32 Å². The summed E-state index contributed by atoms with van der Waals surface area (Å²) < 4.78 is 37.5. The predicted octanol–water partition coefficient (Wildman–Crippen LogP) is 2.89. The number of carbonyl (C=O) groups is 1. The van der Waals surface area contributed by atoms with Crippen LogP contribution >= 0.6 is 11.8 Å². The third-order valence-corrected chi connectivity index (χ3v) is 3.05. The minimum absolute atomic E-state index is 0.0728. The molecular weight excluding hydrogens is 291 g/mol. The molecule has 1 atom stereocenters. The van der Waals surface area contributed by atoms with Crippen molar-refractivity contribution >= 4 is 17.7 Å². The molecule has 0 bridgehead atoms. The first-order valence-electron chi connectivity index (χ1n) is 5.88. The smallest absolute Gasteiger partial charge is 0.351 e. The van der Waals surface area contributed by atoms with Crippen molar-refractivity contribution in [1.29, 1.82) is 0 Å². The van der Waals surface area contributed by atoms with Crippen LogP contribution in [0.5, 0.6) is 0 Å². The van der Waals surface area contributed by atoms with E-state index in [4.69, 9.17) is 0 Å². The van der Waals surface area contributed by atoms with Crippen molar-refractivity contribution in [2.45, 2.75) is 49.8 Å². The van der Waals surface area contributed by atoms with Crippen LogP contribution in [0.15, 0.2) is 17.4 Å². The van der Waals surface area contributed by atoms with Gasteiger partial charge in [-0.25, -0.2) is 9.97 Å². The van der Waals surface area contributed by atoms with Gasteiger partial charge in [-0.3, -0.25) is 4.79 Å². The number of carbonyl (C=O) groups excluding carboxylic acids is 1. The number of amides is 1. The van der Waals surface area contributed by atoms with Gasteiger partial charge in [0, 0.05) is 11.7 Å². The molecule has 1 unspecified atom stereocenters. The maximum Gasteiger partial charge on any atom is 0.433 e. The van der Waals surface area contributed by atoms with Gasteiger partial charge in [-0.15, -0.1) is 0 Å². The van der Waals surface area contributed by atoms with Gasteiger partial charge in [0.2, 0.25) is 5.91 Å². The average Bonchev–Trinajstić information content (AvgIpc) is 2.25. The molecule has 1 N–H and O–H groups in total. The number of halogens is 3. The second-order valence-electron chi connectivity index (χ2n) is 5.22. The van der Waals surface area contributed by atoms with Crippen LogP contribution in [0, 0.1) is 0 Å². The van der Waals surface area contributed by atoms with Crippen LogP contribution < -0.4 is 5.32 Å². The van der Waals surface area contributed by atoms with Crippen LogP contribution in [-0.2, 0) is 11.0 Å². The van der Waals surface area contributed by atoms with E-state index in [0.717, 1.165) is 24.0 Å². The minimum Gasteiger partial charge on any atom is -0.351 e. The Labute approximate surface area is 119 Å². The molecule has 20 heavy (non-hydrogen) atoms. The molecule has 0 radical (unpaired) electrons. The van der Waals surface area contributed by atoms with E-state index in [1.165, 1.54) is 0 Å². The molecular formula is C12H16F3N3OS. The Morgan fingerprint density at radius 2 is 1.95 bits per heavy atom. The summed E-state index contributed by atoms with van der Waals surface area (Å²) in [5, 5.41) is 2.09. The monoisotopic (exact) mass is 307 g/mol. The zero-order chi connectivity index (χ0) is 15.6. The third-order valence-electron chi connectivity index (χ3n) is 2.07. The lowest BCUT2D eigenvalue weighted by atomic mass is 10.1. The summed E-state index contributed by atoms with van der Waals surface area (Å²) in [6, 6.07) is 0.796. The van der Waals surface area contributed by atoms with Crippen molar-refractivity contribution < 1.29 is 18.0 Å². The number of alkyl halides is 3. The van der Waals surface area contributed by atoms with Gasteiger partial charge >= 0.3 is 6.18 Å². The SMILES string of the molecule is CC(Sc1nccc(C(F)(F)F)n1)C(=O)NC(C)(C)C. The molecule has 1 aromatic rings. The summed E-state index contributed by atoms with van der Waals surface area (Å²) in [4.78, 5) is 19.0. The summed E-state index contributed by atoms with van der Waals surface area (Å²) in [5.74, 6) is -0.275. The van der Waals surface area contributed by atoms with Crippen LogP contribution in [0.3, 0.4) is 0 Å². The fraction of sp³-hybridized carbons (Fsp3) is 0.583. The summed E-state index contributed by atoms with van der Waals surface area (Å²) in [5.41, 5.74) is -1.42. The summed E-state index contributed by atoms with van der Waals surface area (Å²) in [6.07, 6.45) is -3.48. The quantitative estimate of drug-likeness (QED) is 0.689. The second-order valence-corrected chi connectivity index (χ2v) is 6.53. The molecule has 0 saturated heterocycles. The Kier molecular flexibility index (Phi) is 5.01. The average molecular weight is 307 g/mol. The summed E-state index contributed by atoms with van der Waals surface area (Å²) in [7, 11) is 0. The molecule has 4 nitrogen and oxygen atoms in total. The minimum atomic E-state index is -4.52. The number of hydrogen-bond acceptors (Lipinski definition) is 4. The number of nitrogens with zero attached hydrogens (tertiary/aromatic N) is 2. The second kappa shape index (κ2) is 5.99. The van der Waals surface area contributed by atoms with Crippen molar-refractivity contribution in [2.24, 2.45) is 0 Å². The van der Waals surface area contributed by atoms with Crippen molar-refractivity contribution in [3.8, 4) is 0 Å². The standard InChI is InChI=1S/C12H16F3N3OS/c1-7(9(19)18-11(2,3)4)20-10-16-6-5-8(17-10)12(13,14)15/h5-7H,1-4H3,(H,18,19). The van der Waals surface area contributed by atoms with Gasteiger partial charge in [-0.05, 0) is 33.8 Å². The Hall–Kier alpha value is -1.31. The van der Waals surface area contributed by atoms with Gasteiger partial charge in [-0.2, -0.15) is 13.2 Å². The number of aromatic nitrogens is 2. The lowest BCUT2D eigenvalue weighted by Gasteiger charge is -2.22. The summed E-state index contributed by atoms with van der Waals surface area (Å²) in [6.45, 7) is 7.06. The molecule has 0 spiro atoms. The number of thioether (sulfide) groups is 1. The van der Waals surface area contributed by atoms with E-state index >= 15 is 0 Å². The Morgan fingerprint density at radius 3 is 2.45 bits per heavy atom. The lowest BCUT2D eigenvalue weighted by molar-refractivity contribution is -0.141. The van der Waals surface area contributed by atoms with E-state index in [1.54, 1.807) is 6.92 Å². The summed E-state index contributed by atoms with van der Waals surface area (Å²) >= 11 is 0.888. The van der Waals surface area contributed by atoms with E-state index in [1.807, 2.05) is 20.8 Å². The van der Waals surface area contributed by atoms with Crippen molar-refractivity contribution in [3.05, 3.63) is 18.0 Å². The molecule has 8 heteroatoms. The highest BCUT2D eigenvalue weighted by Gasteiger charge is 2.33. The lowest BCUT2D eigenvalue weighted by Crippen LogP contribution is -2.44. The highest BCUT2D eigenvalue weighted by atomic mass is 32.2. The van der Waals surface area contributed by atoms with E-state index in [2.05, 4.69) is 15.3 Å². The predicted molar refractivity (Wildman–Crippen MR) is 70.2 cm³/mol. The first-order chi connectivity index (χ1) is 8.99. The molecule has 1 aromatic heterocycles. The van der Waals surface area contributed by atoms with Gasteiger partial charge in [0.05, 0.1) is 5.25 Å². The van der Waals surface area contributed by atoms with Crippen LogP contribution in [-0.4, -0.2) is 26.7 Å². The molecule has 0 aliphatic carbocycles. The zero-order valence-corrected chi connectivity index (χ0v) is 12.4. The van der Waals surface area contributed by atoms with Gasteiger partial charge in [0.15, 0.2) is 5.16 Å². The molecule has 0 saturated carbocycles. The first-order valence-corrected chi connectivity index (χ1v) is 6.76. The maximum absolute atomic E-state index is 12.5. The van der Waals surface area contributed by atoms with Crippen LogP contribution in [0.25, 0.3) is 0 Å². The molecule has 0 fully saturated rings. The van der Waals surface area contributed by atoms with Crippen molar-refractivity contribution in [1.82, 2.24) is 15.3 Å². The first kappa shape index (κ1) is 16.7. The fourth-order valence-corrected chi connectivity index (χ4v) is 1.99. The fourth-order valence-electron chi connectivity index (χ4n) is 1.24. The van der Waals surface area contributed by atoms with Crippen LogP contribution in [0.4, 0.5) is 13.2 Å². The zero-order valence-electron chi connectivity index (χ0n) is 11.6. The van der Waals surface area contributed by atoms with E-state index in [9.17, 15) is 18.0 Å². The molecule has 1 amide bonds. The Balaban J connectivity index is 2.76. The Morgan fingerprint density at radius 1 is 1.35 bits per heavy atom. The van der Waals surface area contributed by atoms with E-state index in [0.29, 0.717) is 0 Å². The van der Waals surface area contributed by atoms with Crippen molar-refractivity contribution in [3.63, 3.8) is 0 Å². The largest absolute Gasteiger partial charge is 0.433 e. The molecule has 0 aromatic carbocycles. The van der Waals surface area contributed by atoms with Gasteiger partial charge in [0.1, 0.15) is 5.69 Å². The number of rotatable bonds is 3. The molecule has 1 rings (SSSR count). The molecule has 1 heterocycles. The van der Waals surface area contributed by atoms with E-state index < -0.39 is 22.7 Å². The van der Waals surface area contributed by atoms with Crippen LogP contribution in [0.2, 0.25) is 0 Å². The normalized spacial score (nSPS) is 13.9. The highest BCUT2D eigenvalue weighted by Crippen LogP contribution is 2.29.